The highest BCUT2D eigenvalue weighted by Gasteiger charge is 2.18. The molecule has 21 heavy (non-hydrogen) atoms. The molecule has 4 nitrogen and oxygen atoms in total. The maximum atomic E-state index is 13.7. The van der Waals surface area contributed by atoms with Crippen LogP contribution in [0.2, 0.25) is 0 Å². The zero-order chi connectivity index (χ0) is 15.6. The normalized spacial score (nSPS) is 11.2. The molecule has 2 aromatic carbocycles. The number of benzene rings is 2. The van der Waals surface area contributed by atoms with Crippen LogP contribution in [-0.2, 0) is 10.0 Å². The van der Waals surface area contributed by atoms with E-state index in [1.165, 1.54) is 31.4 Å². The zero-order valence-electron chi connectivity index (χ0n) is 10.7. The van der Waals surface area contributed by atoms with Gasteiger partial charge in [-0.2, -0.15) is 0 Å². The molecule has 0 radical (unpaired) electrons. The van der Waals surface area contributed by atoms with Gasteiger partial charge in [0.25, 0.3) is 10.0 Å². The molecule has 0 fully saturated rings. The highest BCUT2D eigenvalue weighted by molar-refractivity contribution is 14.1. The van der Waals surface area contributed by atoms with E-state index in [2.05, 4.69) is 20.7 Å². The standard InChI is InChI=1S/C13H10BrFINO3S/c1-20-13-5-3-9(7-11(13)16)21(18,19)17-12-4-2-8(14)6-10(12)15/h2-7,17H,1H3. The Balaban J connectivity index is 2.36. The minimum Gasteiger partial charge on any atom is -0.496 e. The topological polar surface area (TPSA) is 55.4 Å². The quantitative estimate of drug-likeness (QED) is 0.666. The number of ether oxygens (including phenoxy) is 1. The van der Waals surface area contributed by atoms with Crippen LogP contribution in [0.25, 0.3) is 0 Å². The molecule has 0 atom stereocenters. The van der Waals surface area contributed by atoms with E-state index in [1.807, 2.05) is 22.6 Å². The summed E-state index contributed by atoms with van der Waals surface area (Å²) in [6.07, 6.45) is 0. The summed E-state index contributed by atoms with van der Waals surface area (Å²) in [5.74, 6) is -0.0828. The average molecular weight is 486 g/mol. The summed E-state index contributed by atoms with van der Waals surface area (Å²) >= 11 is 5.08. The first-order valence-corrected chi connectivity index (χ1v) is 9.00. The zero-order valence-corrected chi connectivity index (χ0v) is 15.3. The Kier molecular flexibility index (Phi) is 5.10. The summed E-state index contributed by atoms with van der Waals surface area (Å²) < 4.78 is 46.7. The summed E-state index contributed by atoms with van der Waals surface area (Å²) in [5.41, 5.74) is -0.107. The number of halogens is 3. The predicted octanol–water partition coefficient (Wildman–Crippen LogP) is 4.00. The third kappa shape index (κ3) is 3.86. The molecule has 0 amide bonds. The molecule has 0 aliphatic carbocycles. The van der Waals surface area contributed by atoms with Crippen molar-refractivity contribution in [2.75, 3.05) is 11.8 Å². The van der Waals surface area contributed by atoms with Crippen molar-refractivity contribution in [3.63, 3.8) is 0 Å². The lowest BCUT2D eigenvalue weighted by atomic mass is 10.3. The van der Waals surface area contributed by atoms with Crippen molar-refractivity contribution in [1.29, 1.82) is 0 Å². The van der Waals surface area contributed by atoms with E-state index in [1.54, 1.807) is 12.1 Å². The van der Waals surface area contributed by atoms with E-state index in [9.17, 15) is 12.8 Å². The molecule has 2 aromatic rings. The Bertz CT molecular complexity index is 783. The molecular weight excluding hydrogens is 476 g/mol. The van der Waals surface area contributed by atoms with E-state index in [4.69, 9.17) is 4.74 Å². The van der Waals surface area contributed by atoms with Crippen molar-refractivity contribution in [1.82, 2.24) is 0 Å². The highest BCUT2D eigenvalue weighted by atomic mass is 127. The Morgan fingerprint density at radius 1 is 1.24 bits per heavy atom. The third-order valence-corrected chi connectivity index (χ3v) is 5.31. The molecule has 0 bridgehead atoms. The van der Waals surface area contributed by atoms with Crippen LogP contribution in [0.5, 0.6) is 5.75 Å². The van der Waals surface area contributed by atoms with Crippen LogP contribution in [0.3, 0.4) is 0 Å². The van der Waals surface area contributed by atoms with E-state index < -0.39 is 15.8 Å². The molecule has 0 aliphatic heterocycles. The van der Waals surface area contributed by atoms with Crippen molar-refractivity contribution < 1.29 is 17.5 Å². The van der Waals surface area contributed by atoms with Gasteiger partial charge in [-0.15, -0.1) is 0 Å². The van der Waals surface area contributed by atoms with Crippen LogP contribution in [0.1, 0.15) is 0 Å². The minimum absolute atomic E-state index is 0.0371. The molecule has 2 rings (SSSR count). The first-order valence-electron chi connectivity index (χ1n) is 5.65. The Hall–Kier alpha value is -0.870. The number of hydrogen-bond donors (Lipinski definition) is 1. The van der Waals surface area contributed by atoms with Crippen LogP contribution in [0.4, 0.5) is 10.1 Å². The fourth-order valence-electron chi connectivity index (χ4n) is 1.59. The molecule has 0 saturated carbocycles. The molecule has 1 N–H and O–H groups in total. The van der Waals surface area contributed by atoms with Gasteiger partial charge in [0.05, 0.1) is 21.3 Å². The van der Waals surface area contributed by atoms with Crippen molar-refractivity contribution in [3.8, 4) is 5.75 Å². The van der Waals surface area contributed by atoms with Gasteiger partial charge in [-0.05, 0) is 59.0 Å². The lowest BCUT2D eigenvalue weighted by Crippen LogP contribution is -2.14. The molecule has 0 unspecified atom stereocenters. The van der Waals surface area contributed by atoms with Crippen LogP contribution in [0, 0.1) is 9.39 Å². The van der Waals surface area contributed by atoms with Crippen molar-refractivity contribution >= 4 is 54.2 Å². The van der Waals surface area contributed by atoms with Gasteiger partial charge in [0.2, 0.25) is 0 Å². The lowest BCUT2D eigenvalue weighted by Gasteiger charge is -2.10. The molecule has 0 saturated heterocycles. The number of hydrogen-bond acceptors (Lipinski definition) is 3. The molecule has 0 aromatic heterocycles. The lowest BCUT2D eigenvalue weighted by molar-refractivity contribution is 0.411. The van der Waals surface area contributed by atoms with Crippen molar-refractivity contribution in [2.45, 2.75) is 4.90 Å². The number of sulfonamides is 1. The molecule has 0 spiro atoms. The summed E-state index contributed by atoms with van der Waals surface area (Å²) in [5, 5.41) is 0. The second-order valence-corrected chi connectivity index (χ2v) is 7.79. The van der Waals surface area contributed by atoms with Gasteiger partial charge < -0.3 is 4.74 Å². The molecular formula is C13H10BrFINO3S. The van der Waals surface area contributed by atoms with Crippen LogP contribution in [-0.4, -0.2) is 15.5 Å². The molecule has 112 valence electrons. The van der Waals surface area contributed by atoms with E-state index >= 15 is 0 Å². The molecule has 8 heteroatoms. The van der Waals surface area contributed by atoms with Crippen LogP contribution < -0.4 is 9.46 Å². The average Bonchev–Trinajstić information content (AvgIpc) is 2.42. The Labute approximate surface area is 144 Å². The van der Waals surface area contributed by atoms with E-state index in [0.29, 0.717) is 13.8 Å². The second-order valence-electron chi connectivity index (χ2n) is 4.03. The van der Waals surface area contributed by atoms with Gasteiger partial charge in [0, 0.05) is 4.47 Å². The van der Waals surface area contributed by atoms with Crippen molar-refractivity contribution in [3.05, 3.63) is 50.3 Å². The minimum atomic E-state index is -3.86. The van der Waals surface area contributed by atoms with E-state index in [-0.39, 0.29) is 10.6 Å². The second kappa shape index (κ2) is 6.49. The van der Waals surface area contributed by atoms with Crippen LogP contribution in [0.15, 0.2) is 45.8 Å². The fourth-order valence-corrected chi connectivity index (χ4v) is 3.96. The van der Waals surface area contributed by atoms with Gasteiger partial charge in [-0.3, -0.25) is 4.72 Å². The van der Waals surface area contributed by atoms with Crippen molar-refractivity contribution in [2.24, 2.45) is 0 Å². The molecule has 0 heterocycles. The first kappa shape index (κ1) is 16.5. The predicted molar refractivity (Wildman–Crippen MR) is 90.6 cm³/mol. The monoisotopic (exact) mass is 485 g/mol. The summed E-state index contributed by atoms with van der Waals surface area (Å²) in [6.45, 7) is 0. The number of nitrogens with one attached hydrogen (secondary N) is 1. The number of methoxy groups -OCH3 is 1. The Morgan fingerprint density at radius 2 is 1.95 bits per heavy atom. The Morgan fingerprint density at radius 3 is 2.52 bits per heavy atom. The summed E-state index contributed by atoms with van der Waals surface area (Å²) in [7, 11) is -2.36. The van der Waals surface area contributed by atoms with Gasteiger partial charge in [0.1, 0.15) is 11.6 Å². The fraction of sp³-hybridized carbons (Fsp3) is 0.0769. The van der Waals surface area contributed by atoms with Gasteiger partial charge in [-0.1, -0.05) is 15.9 Å². The summed E-state index contributed by atoms with van der Waals surface area (Å²) in [4.78, 5) is 0.0371. The first-order chi connectivity index (χ1) is 9.83. The maximum Gasteiger partial charge on any atom is 0.262 e. The summed E-state index contributed by atoms with van der Waals surface area (Å²) in [6, 6.07) is 8.51. The van der Waals surface area contributed by atoms with E-state index in [0.717, 1.165) is 0 Å². The maximum absolute atomic E-state index is 13.7. The molecule has 0 aliphatic rings. The van der Waals surface area contributed by atoms with Gasteiger partial charge in [-0.25, -0.2) is 12.8 Å². The number of anilines is 1. The SMILES string of the molecule is COc1ccc(S(=O)(=O)Nc2ccc(Br)cc2F)cc1I. The highest BCUT2D eigenvalue weighted by Crippen LogP contribution is 2.26. The largest absolute Gasteiger partial charge is 0.496 e. The van der Waals surface area contributed by atoms with Gasteiger partial charge in [0.15, 0.2) is 0 Å². The smallest absolute Gasteiger partial charge is 0.262 e. The number of rotatable bonds is 4. The van der Waals surface area contributed by atoms with Gasteiger partial charge >= 0.3 is 0 Å². The third-order valence-electron chi connectivity index (χ3n) is 2.61. The van der Waals surface area contributed by atoms with Crippen LogP contribution >= 0.6 is 38.5 Å².